The summed E-state index contributed by atoms with van der Waals surface area (Å²) < 4.78 is 5.81. The van der Waals surface area contributed by atoms with Gasteiger partial charge < -0.3 is 14.5 Å². The van der Waals surface area contributed by atoms with Gasteiger partial charge in [0.05, 0.1) is 18.1 Å². The van der Waals surface area contributed by atoms with Crippen LogP contribution in [0.4, 0.5) is 0 Å². The number of piperazine rings is 1. The topological polar surface area (TPSA) is 39.5 Å². The maximum Gasteiger partial charge on any atom is 0.119 e. The van der Waals surface area contributed by atoms with E-state index in [4.69, 9.17) is 4.74 Å². The Morgan fingerprint density at radius 2 is 1.42 bits per heavy atom. The highest BCUT2D eigenvalue weighted by atomic mass is 16.5. The van der Waals surface area contributed by atoms with Crippen LogP contribution in [0.2, 0.25) is 0 Å². The monoisotopic (exact) mass is 419 g/mol. The van der Waals surface area contributed by atoms with E-state index in [0.29, 0.717) is 5.92 Å². The van der Waals surface area contributed by atoms with E-state index in [1.54, 1.807) is 0 Å². The molecule has 1 unspecified atom stereocenters. The van der Waals surface area contributed by atoms with E-state index in [1.807, 2.05) is 48.5 Å². The highest BCUT2D eigenvalue weighted by Gasteiger charge is 2.35. The molecule has 2 aromatic carbocycles. The van der Waals surface area contributed by atoms with Gasteiger partial charge >= 0.3 is 0 Å². The van der Waals surface area contributed by atoms with E-state index in [9.17, 15) is 5.26 Å². The first-order valence-electron chi connectivity index (χ1n) is 11.7. The Bertz CT molecular complexity index is 794. The molecule has 0 radical (unpaired) electrons. The number of rotatable bonds is 11. The second-order valence-electron chi connectivity index (χ2n) is 8.91. The van der Waals surface area contributed by atoms with Crippen molar-refractivity contribution in [2.24, 2.45) is 5.92 Å². The minimum atomic E-state index is -0.387. The second kappa shape index (κ2) is 11.9. The number of nitrogens with zero attached hydrogens (tertiary/aromatic N) is 3. The predicted octanol–water partition coefficient (Wildman–Crippen LogP) is 4.97. The van der Waals surface area contributed by atoms with Gasteiger partial charge in [-0.25, -0.2) is 0 Å². The van der Waals surface area contributed by atoms with Crippen molar-refractivity contribution in [3.05, 3.63) is 66.2 Å². The van der Waals surface area contributed by atoms with Crippen molar-refractivity contribution in [1.82, 2.24) is 9.80 Å². The van der Waals surface area contributed by atoms with Gasteiger partial charge in [-0.3, -0.25) is 0 Å². The number of nitriles is 1. The highest BCUT2D eigenvalue weighted by Crippen LogP contribution is 2.36. The molecular formula is C27H37N3O. The van der Waals surface area contributed by atoms with E-state index in [-0.39, 0.29) is 5.41 Å². The van der Waals surface area contributed by atoms with Crippen LogP contribution in [0.1, 0.15) is 38.7 Å². The van der Waals surface area contributed by atoms with Gasteiger partial charge in [0.1, 0.15) is 5.75 Å². The maximum atomic E-state index is 10.1. The number of ether oxygens (including phenoxy) is 1. The first-order chi connectivity index (χ1) is 15.1. The summed E-state index contributed by atoms with van der Waals surface area (Å²) in [5, 5.41) is 10.1. The molecule has 1 atom stereocenters. The largest absolute Gasteiger partial charge is 0.494 e. The molecule has 0 saturated carbocycles. The molecule has 0 aliphatic carbocycles. The standard InChI is InChI=1S/C27H37N3O/c1-24(2)27(23-28,25-11-5-3-6-12-25)15-9-16-29-18-20-30(21-19-29)17-10-22-31-26-13-7-4-8-14-26/h3-8,11-14,24H,9-10,15-22H2,1-2H3. The number of benzene rings is 2. The molecule has 31 heavy (non-hydrogen) atoms. The van der Waals surface area contributed by atoms with Crippen molar-refractivity contribution in [3.63, 3.8) is 0 Å². The summed E-state index contributed by atoms with van der Waals surface area (Å²) in [7, 11) is 0. The Labute approximate surface area is 188 Å². The lowest BCUT2D eigenvalue weighted by Gasteiger charge is -2.36. The lowest BCUT2D eigenvalue weighted by atomic mass is 9.70. The molecule has 4 nitrogen and oxygen atoms in total. The fourth-order valence-corrected chi connectivity index (χ4v) is 4.56. The summed E-state index contributed by atoms with van der Waals surface area (Å²) in [4.78, 5) is 5.10. The van der Waals surface area contributed by atoms with Gasteiger partial charge in [0.15, 0.2) is 0 Å². The molecule has 166 valence electrons. The molecule has 0 spiro atoms. The first kappa shape index (κ1) is 23.3. The molecule has 0 aromatic heterocycles. The van der Waals surface area contributed by atoms with E-state index >= 15 is 0 Å². The van der Waals surface area contributed by atoms with Gasteiger partial charge in [-0.1, -0.05) is 62.4 Å². The molecule has 2 aromatic rings. The first-order valence-corrected chi connectivity index (χ1v) is 11.7. The SMILES string of the molecule is CC(C)C(C#N)(CCCN1CCN(CCCOc2ccccc2)CC1)c1ccccc1. The molecule has 1 aliphatic rings. The molecule has 3 rings (SSSR count). The summed E-state index contributed by atoms with van der Waals surface area (Å²) >= 11 is 0. The number of hydrogen-bond donors (Lipinski definition) is 0. The Hall–Kier alpha value is -2.35. The molecule has 0 N–H and O–H groups in total. The highest BCUT2D eigenvalue weighted by molar-refractivity contribution is 5.33. The summed E-state index contributed by atoms with van der Waals surface area (Å²) in [6.07, 6.45) is 3.04. The zero-order valence-corrected chi connectivity index (χ0v) is 19.2. The minimum Gasteiger partial charge on any atom is -0.494 e. The molecule has 0 amide bonds. The van der Waals surface area contributed by atoms with Crippen LogP contribution in [0.25, 0.3) is 0 Å². The number of hydrogen-bond acceptors (Lipinski definition) is 4. The summed E-state index contributed by atoms with van der Waals surface area (Å²) in [5.74, 6) is 1.26. The summed E-state index contributed by atoms with van der Waals surface area (Å²) in [6, 6.07) is 23.1. The van der Waals surface area contributed by atoms with Crippen LogP contribution in [0, 0.1) is 17.2 Å². The van der Waals surface area contributed by atoms with Gasteiger partial charge in [0.25, 0.3) is 0 Å². The smallest absolute Gasteiger partial charge is 0.119 e. The summed E-state index contributed by atoms with van der Waals surface area (Å²) in [5.41, 5.74) is 0.775. The quantitative estimate of drug-likeness (QED) is 0.482. The fourth-order valence-electron chi connectivity index (χ4n) is 4.56. The third kappa shape index (κ3) is 6.56. The Morgan fingerprint density at radius 3 is 1.97 bits per heavy atom. The van der Waals surface area contributed by atoms with Crippen LogP contribution >= 0.6 is 0 Å². The van der Waals surface area contributed by atoms with E-state index < -0.39 is 0 Å². The van der Waals surface area contributed by atoms with Crippen LogP contribution in [0.5, 0.6) is 5.75 Å². The molecule has 1 heterocycles. The minimum absolute atomic E-state index is 0.301. The van der Waals surface area contributed by atoms with Gasteiger partial charge in [0, 0.05) is 32.7 Å². The molecular weight excluding hydrogens is 382 g/mol. The van der Waals surface area contributed by atoms with Crippen LogP contribution in [-0.2, 0) is 5.41 Å². The van der Waals surface area contributed by atoms with Crippen LogP contribution in [0.3, 0.4) is 0 Å². The van der Waals surface area contributed by atoms with Crippen LogP contribution in [-0.4, -0.2) is 55.7 Å². The summed E-state index contributed by atoms with van der Waals surface area (Å²) in [6.45, 7) is 11.8. The van der Waals surface area contributed by atoms with Crippen molar-refractivity contribution < 1.29 is 4.74 Å². The zero-order chi connectivity index (χ0) is 21.9. The van der Waals surface area contributed by atoms with Crippen molar-refractivity contribution in [3.8, 4) is 11.8 Å². The average molecular weight is 420 g/mol. The molecule has 1 aliphatic heterocycles. The van der Waals surface area contributed by atoms with E-state index in [0.717, 1.165) is 76.5 Å². The predicted molar refractivity (Wildman–Crippen MR) is 127 cm³/mol. The third-order valence-corrected chi connectivity index (χ3v) is 6.62. The Balaban J connectivity index is 1.36. The van der Waals surface area contributed by atoms with Crippen LogP contribution in [0.15, 0.2) is 60.7 Å². The van der Waals surface area contributed by atoms with Gasteiger partial charge in [-0.2, -0.15) is 5.26 Å². The third-order valence-electron chi connectivity index (χ3n) is 6.62. The zero-order valence-electron chi connectivity index (χ0n) is 19.2. The molecule has 1 fully saturated rings. The van der Waals surface area contributed by atoms with Crippen molar-refractivity contribution in [1.29, 1.82) is 5.26 Å². The van der Waals surface area contributed by atoms with Gasteiger partial charge in [0.2, 0.25) is 0 Å². The molecule has 4 heteroatoms. The van der Waals surface area contributed by atoms with E-state index in [1.165, 1.54) is 0 Å². The molecule has 0 bridgehead atoms. The lowest BCUT2D eigenvalue weighted by Crippen LogP contribution is -2.47. The normalized spacial score (nSPS) is 17.2. The van der Waals surface area contributed by atoms with Crippen molar-refractivity contribution in [2.75, 3.05) is 45.9 Å². The Kier molecular flexibility index (Phi) is 8.94. The average Bonchev–Trinajstić information content (AvgIpc) is 2.82. The second-order valence-corrected chi connectivity index (χ2v) is 8.91. The van der Waals surface area contributed by atoms with Crippen molar-refractivity contribution >= 4 is 0 Å². The fraction of sp³-hybridized carbons (Fsp3) is 0.519. The maximum absolute atomic E-state index is 10.1. The van der Waals surface area contributed by atoms with Crippen molar-refractivity contribution in [2.45, 2.75) is 38.5 Å². The van der Waals surface area contributed by atoms with E-state index in [2.05, 4.69) is 41.8 Å². The lowest BCUT2D eigenvalue weighted by molar-refractivity contribution is 0.122. The Morgan fingerprint density at radius 1 is 0.871 bits per heavy atom. The van der Waals surface area contributed by atoms with Gasteiger partial charge in [-0.15, -0.1) is 0 Å². The molecule has 1 saturated heterocycles. The van der Waals surface area contributed by atoms with Gasteiger partial charge in [-0.05, 0) is 49.4 Å². The van der Waals surface area contributed by atoms with Crippen LogP contribution < -0.4 is 4.74 Å². The number of para-hydroxylation sites is 1.